The van der Waals surface area contributed by atoms with Crippen LogP contribution in [0.15, 0.2) is 0 Å². The topological polar surface area (TPSA) is 3.24 Å². The van der Waals surface area contributed by atoms with Crippen molar-refractivity contribution in [3.8, 4) is 0 Å². The van der Waals surface area contributed by atoms with Crippen molar-refractivity contribution in [2.45, 2.75) is 46.0 Å². The van der Waals surface area contributed by atoms with Crippen molar-refractivity contribution >= 4 is 0 Å². The lowest BCUT2D eigenvalue weighted by atomic mass is 9.90. The third-order valence-electron chi connectivity index (χ3n) is 5.34. The molecule has 0 aromatic rings. The van der Waals surface area contributed by atoms with Crippen LogP contribution in [0.5, 0.6) is 0 Å². The molecule has 3 rings (SSSR count). The Morgan fingerprint density at radius 1 is 1.13 bits per heavy atom. The molecule has 0 spiro atoms. The second kappa shape index (κ2) is 3.48. The molecule has 1 heteroatoms. The van der Waals surface area contributed by atoms with E-state index in [1.54, 1.807) is 6.42 Å². The molecule has 1 aliphatic heterocycles. The molecule has 0 aromatic carbocycles. The molecule has 86 valence electrons. The summed E-state index contributed by atoms with van der Waals surface area (Å²) < 4.78 is 0. The fourth-order valence-corrected chi connectivity index (χ4v) is 3.97. The van der Waals surface area contributed by atoms with Crippen LogP contribution in [-0.2, 0) is 0 Å². The van der Waals surface area contributed by atoms with Gasteiger partial charge in [0.25, 0.3) is 0 Å². The number of hydrogen-bond donors (Lipinski definition) is 0. The fraction of sp³-hybridized carbons (Fsp3) is 1.00. The molecule has 1 saturated heterocycles. The van der Waals surface area contributed by atoms with E-state index in [-0.39, 0.29) is 0 Å². The van der Waals surface area contributed by atoms with Crippen LogP contribution in [0.4, 0.5) is 0 Å². The Kier molecular flexibility index (Phi) is 2.35. The number of piperidine rings is 1. The number of rotatable bonds is 3. The highest BCUT2D eigenvalue weighted by Crippen LogP contribution is 2.53. The highest BCUT2D eigenvalue weighted by atomic mass is 15.2. The molecule has 3 fully saturated rings. The molecule has 15 heavy (non-hydrogen) atoms. The van der Waals surface area contributed by atoms with Gasteiger partial charge in [-0.05, 0) is 55.3 Å². The number of hydrogen-bond acceptors (Lipinski definition) is 1. The molecule has 0 radical (unpaired) electrons. The van der Waals surface area contributed by atoms with E-state index in [1.807, 2.05) is 0 Å². The molecular formula is C14H25N. The van der Waals surface area contributed by atoms with Crippen molar-refractivity contribution < 1.29 is 0 Å². The van der Waals surface area contributed by atoms with Crippen molar-refractivity contribution in [2.75, 3.05) is 19.6 Å². The van der Waals surface area contributed by atoms with Gasteiger partial charge in [0.05, 0.1) is 0 Å². The summed E-state index contributed by atoms with van der Waals surface area (Å²) >= 11 is 0. The highest BCUT2D eigenvalue weighted by Gasteiger charge is 2.47. The zero-order chi connectivity index (χ0) is 10.5. The van der Waals surface area contributed by atoms with Crippen LogP contribution in [0.1, 0.15) is 46.0 Å². The monoisotopic (exact) mass is 207 g/mol. The van der Waals surface area contributed by atoms with Crippen LogP contribution in [0.25, 0.3) is 0 Å². The summed E-state index contributed by atoms with van der Waals surface area (Å²) in [6.45, 7) is 9.10. The molecule has 0 amide bonds. The first-order valence-electron chi connectivity index (χ1n) is 6.90. The summed E-state index contributed by atoms with van der Waals surface area (Å²) in [5, 5.41) is 0. The summed E-state index contributed by atoms with van der Waals surface area (Å²) in [6.07, 6.45) is 7.59. The Morgan fingerprint density at radius 3 is 2.20 bits per heavy atom. The zero-order valence-corrected chi connectivity index (χ0v) is 10.3. The van der Waals surface area contributed by atoms with Gasteiger partial charge in [-0.15, -0.1) is 0 Å². The van der Waals surface area contributed by atoms with Gasteiger partial charge in [0, 0.05) is 19.6 Å². The SMILES string of the molecule is CC(C)C1(CN2CC3CCC(C3)C2)CC1. The Morgan fingerprint density at radius 2 is 1.73 bits per heavy atom. The van der Waals surface area contributed by atoms with E-state index in [9.17, 15) is 0 Å². The van der Waals surface area contributed by atoms with Gasteiger partial charge in [-0.1, -0.05) is 13.8 Å². The van der Waals surface area contributed by atoms with E-state index >= 15 is 0 Å². The summed E-state index contributed by atoms with van der Waals surface area (Å²) in [7, 11) is 0. The van der Waals surface area contributed by atoms with E-state index in [1.165, 1.54) is 45.3 Å². The normalized spacial score (nSPS) is 38.6. The molecule has 2 saturated carbocycles. The first-order chi connectivity index (χ1) is 7.18. The van der Waals surface area contributed by atoms with Crippen LogP contribution in [0.2, 0.25) is 0 Å². The number of fused-ring (bicyclic) bond motifs is 2. The molecule has 3 aliphatic rings. The van der Waals surface area contributed by atoms with Crippen molar-refractivity contribution in [2.24, 2.45) is 23.2 Å². The average Bonchev–Trinajstić information content (AvgIpc) is 2.89. The second-order valence-corrected chi connectivity index (χ2v) is 6.76. The Balaban J connectivity index is 1.60. The molecule has 2 atom stereocenters. The second-order valence-electron chi connectivity index (χ2n) is 6.76. The standard InChI is InChI=1S/C14H25N/c1-11(2)14(5-6-14)10-15-8-12-3-4-13(7-12)9-15/h11-13H,3-10H2,1-2H3. The molecule has 1 nitrogen and oxygen atoms in total. The smallest absolute Gasteiger partial charge is 0.00407 e. The van der Waals surface area contributed by atoms with Crippen molar-refractivity contribution in [1.29, 1.82) is 0 Å². The van der Waals surface area contributed by atoms with Crippen molar-refractivity contribution in [3.05, 3.63) is 0 Å². The first-order valence-corrected chi connectivity index (χ1v) is 6.90. The molecular weight excluding hydrogens is 182 g/mol. The minimum atomic E-state index is 0.733. The fourth-order valence-electron chi connectivity index (χ4n) is 3.97. The van der Waals surface area contributed by atoms with E-state index in [0.717, 1.165) is 23.2 Å². The van der Waals surface area contributed by atoms with Gasteiger partial charge in [0.2, 0.25) is 0 Å². The van der Waals surface area contributed by atoms with E-state index in [2.05, 4.69) is 18.7 Å². The number of nitrogens with zero attached hydrogens (tertiary/aromatic N) is 1. The summed E-state index contributed by atoms with van der Waals surface area (Å²) in [6, 6.07) is 0. The molecule has 1 heterocycles. The minimum Gasteiger partial charge on any atom is -0.302 e. The average molecular weight is 207 g/mol. The van der Waals surface area contributed by atoms with Gasteiger partial charge in [0.1, 0.15) is 0 Å². The lowest BCUT2D eigenvalue weighted by Crippen LogP contribution is -2.41. The Bertz CT molecular complexity index is 230. The zero-order valence-electron chi connectivity index (χ0n) is 10.3. The molecule has 2 bridgehead atoms. The van der Waals surface area contributed by atoms with Crippen molar-refractivity contribution in [3.63, 3.8) is 0 Å². The first kappa shape index (κ1) is 10.1. The van der Waals surface area contributed by atoms with Gasteiger partial charge in [-0.3, -0.25) is 0 Å². The van der Waals surface area contributed by atoms with Gasteiger partial charge in [-0.2, -0.15) is 0 Å². The van der Waals surface area contributed by atoms with Gasteiger partial charge in [0.15, 0.2) is 0 Å². The van der Waals surface area contributed by atoms with E-state index in [4.69, 9.17) is 0 Å². The van der Waals surface area contributed by atoms with E-state index < -0.39 is 0 Å². The molecule has 2 aliphatic carbocycles. The summed E-state index contributed by atoms with van der Waals surface area (Å²) in [5.74, 6) is 3.02. The number of likely N-dealkylation sites (tertiary alicyclic amines) is 1. The Labute approximate surface area is 94.2 Å². The Hall–Kier alpha value is -0.0400. The van der Waals surface area contributed by atoms with Crippen LogP contribution in [0.3, 0.4) is 0 Å². The maximum absolute atomic E-state index is 2.80. The maximum Gasteiger partial charge on any atom is 0.00407 e. The van der Waals surface area contributed by atoms with Gasteiger partial charge >= 0.3 is 0 Å². The quantitative estimate of drug-likeness (QED) is 0.687. The van der Waals surface area contributed by atoms with Crippen LogP contribution >= 0.6 is 0 Å². The van der Waals surface area contributed by atoms with Crippen molar-refractivity contribution in [1.82, 2.24) is 4.90 Å². The summed E-state index contributed by atoms with van der Waals surface area (Å²) in [4.78, 5) is 2.80. The molecule has 2 unspecified atom stereocenters. The molecule has 0 aromatic heterocycles. The predicted octanol–water partition coefficient (Wildman–Crippen LogP) is 3.15. The van der Waals surface area contributed by atoms with Gasteiger partial charge < -0.3 is 4.90 Å². The van der Waals surface area contributed by atoms with Crippen LogP contribution < -0.4 is 0 Å². The largest absolute Gasteiger partial charge is 0.302 e. The van der Waals surface area contributed by atoms with Gasteiger partial charge in [-0.25, -0.2) is 0 Å². The highest BCUT2D eigenvalue weighted by molar-refractivity contribution is 4.99. The van der Waals surface area contributed by atoms with Crippen LogP contribution in [0, 0.1) is 23.2 Å². The third-order valence-corrected chi connectivity index (χ3v) is 5.34. The lowest BCUT2D eigenvalue weighted by Gasteiger charge is -2.35. The minimum absolute atomic E-state index is 0.733. The third kappa shape index (κ3) is 1.84. The lowest BCUT2D eigenvalue weighted by molar-refractivity contribution is 0.122. The van der Waals surface area contributed by atoms with E-state index in [0.29, 0.717) is 0 Å². The predicted molar refractivity (Wildman–Crippen MR) is 63.8 cm³/mol. The summed E-state index contributed by atoms with van der Waals surface area (Å²) in [5.41, 5.74) is 0.733. The maximum atomic E-state index is 2.80. The molecule has 0 N–H and O–H groups in total. The van der Waals surface area contributed by atoms with Crippen LogP contribution in [-0.4, -0.2) is 24.5 Å².